The van der Waals surface area contributed by atoms with Crippen LogP contribution in [-0.2, 0) is 11.4 Å². The Labute approximate surface area is 81.5 Å². The molecule has 7 nitrogen and oxygen atoms in total. The lowest BCUT2D eigenvalue weighted by molar-refractivity contribution is -0.0226. The summed E-state index contributed by atoms with van der Waals surface area (Å²) in [5.41, 5.74) is 0. The molecule has 0 saturated heterocycles. The minimum absolute atomic E-state index is 0.109. The average molecular weight is 236 g/mol. The largest absolute Gasteiger partial charge is 0.367 e. The third-order valence-electron chi connectivity index (χ3n) is 0.534. The first-order valence-electron chi connectivity index (χ1n) is 2.96. The van der Waals surface area contributed by atoms with Crippen LogP contribution in [0.1, 0.15) is 0 Å². The van der Waals surface area contributed by atoms with Gasteiger partial charge in [-0.25, -0.2) is 0 Å². The van der Waals surface area contributed by atoms with Crippen molar-refractivity contribution < 1.29 is 33.7 Å². The van der Waals surface area contributed by atoms with Crippen molar-refractivity contribution in [3.8, 4) is 0 Å². The smallest absolute Gasteiger partial charge is 0.299 e. The summed E-state index contributed by atoms with van der Waals surface area (Å²) in [5.74, 6) is 0.218. The van der Waals surface area contributed by atoms with Gasteiger partial charge < -0.3 is 20.4 Å². The number of thioether (sulfide) groups is 1. The van der Waals surface area contributed by atoms with E-state index in [9.17, 15) is 0 Å². The predicted molar refractivity (Wildman–Crippen MR) is 47.2 cm³/mol. The molecule has 0 aromatic heterocycles. The zero-order chi connectivity index (χ0) is 10.9. The first-order valence-corrected chi connectivity index (χ1v) is 5.18. The number of hydrogen-bond donors (Lipinski definition) is 6. The molecular weight excluding hydrogens is 224 g/mol. The molecule has 0 aromatic rings. The predicted octanol–water partition coefficient (Wildman–Crippen LogP) is -1.98. The van der Waals surface area contributed by atoms with Crippen molar-refractivity contribution in [3.05, 3.63) is 0 Å². The Balaban J connectivity index is 0. The van der Waals surface area contributed by atoms with Gasteiger partial charge in [-0.2, -0.15) is 16.0 Å². The molecule has 0 aromatic carbocycles. The fourth-order valence-corrected chi connectivity index (χ4v) is 0.837. The minimum atomic E-state index is -2.61. The highest BCUT2D eigenvalue weighted by Crippen LogP contribution is 2.01. The molecule has 0 aliphatic rings. The second kappa shape index (κ2) is 10.3. The summed E-state index contributed by atoms with van der Waals surface area (Å²) in [6, 6.07) is 0. The van der Waals surface area contributed by atoms with Crippen LogP contribution in [0.25, 0.3) is 0 Å². The van der Waals surface area contributed by atoms with E-state index in [0.29, 0.717) is 0 Å². The van der Waals surface area contributed by atoms with Crippen molar-refractivity contribution in [1.82, 2.24) is 0 Å². The molecule has 6 N–H and O–H groups in total. The van der Waals surface area contributed by atoms with Gasteiger partial charge in [-0.05, 0) is 0 Å². The van der Waals surface area contributed by atoms with E-state index in [1.807, 2.05) is 0 Å². The Kier molecular flexibility index (Phi) is 12.5. The van der Waals surface area contributed by atoms with Gasteiger partial charge in [-0.15, -0.1) is 0 Å². The maximum Gasteiger partial charge on any atom is 0.299 e. The normalized spacial score (nSPS) is 10.5. The quantitative estimate of drug-likeness (QED) is 0.244. The van der Waals surface area contributed by atoms with Crippen LogP contribution < -0.4 is 0 Å². The van der Waals surface area contributed by atoms with Gasteiger partial charge >= 0.3 is 0 Å². The summed E-state index contributed by atoms with van der Waals surface area (Å²) < 4.78 is 22.8. The van der Waals surface area contributed by atoms with Gasteiger partial charge in [0.15, 0.2) is 12.6 Å². The zero-order valence-electron chi connectivity index (χ0n) is 6.48. The minimum Gasteiger partial charge on any atom is -0.367 e. The molecule has 0 rings (SSSR count). The topological polar surface area (TPSA) is 138 Å². The maximum atomic E-state index is 8.67. The van der Waals surface area contributed by atoms with Crippen LogP contribution in [-0.4, -0.2) is 57.8 Å². The number of aliphatic hydroxyl groups is 4. The lowest BCUT2D eigenvalue weighted by Gasteiger charge is -2.03. The standard InChI is InChI=1S/C4H10O4S.H2O3S/c5-3(6)1-9-2-4(7)8;1-4(2)3/h3-8H,1-2H2;(H2,1,2,3). The van der Waals surface area contributed by atoms with E-state index < -0.39 is 23.9 Å². The summed E-state index contributed by atoms with van der Waals surface area (Å²) in [4.78, 5) is 0. The summed E-state index contributed by atoms with van der Waals surface area (Å²) >= 11 is -1.54. The summed E-state index contributed by atoms with van der Waals surface area (Å²) in [6.45, 7) is 0. The van der Waals surface area contributed by atoms with Crippen molar-refractivity contribution in [1.29, 1.82) is 0 Å². The fourth-order valence-electron chi connectivity index (χ4n) is 0.279. The molecule has 82 valence electrons. The van der Waals surface area contributed by atoms with E-state index in [1.165, 1.54) is 0 Å². The van der Waals surface area contributed by atoms with Crippen LogP contribution in [0, 0.1) is 0 Å². The molecule has 0 aliphatic heterocycles. The second-order valence-electron chi connectivity index (χ2n) is 1.73. The van der Waals surface area contributed by atoms with Crippen LogP contribution in [0.4, 0.5) is 0 Å². The Morgan fingerprint density at radius 3 is 1.38 bits per heavy atom. The average Bonchev–Trinajstić information content (AvgIpc) is 1.83. The number of aliphatic hydroxyl groups excluding tert-OH is 2. The van der Waals surface area contributed by atoms with E-state index in [-0.39, 0.29) is 11.5 Å². The molecule has 0 atom stereocenters. The monoisotopic (exact) mass is 236 g/mol. The molecule has 0 unspecified atom stereocenters. The highest BCUT2D eigenvalue weighted by atomic mass is 32.2. The van der Waals surface area contributed by atoms with Crippen LogP contribution >= 0.6 is 11.8 Å². The number of hydrogen-bond acceptors (Lipinski definition) is 6. The third-order valence-corrected chi connectivity index (χ3v) is 1.60. The molecular formula is C4H12O7S2. The van der Waals surface area contributed by atoms with Gasteiger partial charge in [0, 0.05) is 11.5 Å². The molecule has 0 heterocycles. The van der Waals surface area contributed by atoms with Crippen molar-refractivity contribution in [2.45, 2.75) is 12.6 Å². The highest BCUT2D eigenvalue weighted by Gasteiger charge is 2.00. The highest BCUT2D eigenvalue weighted by molar-refractivity contribution is 7.99. The molecule has 9 heteroatoms. The van der Waals surface area contributed by atoms with Gasteiger partial charge in [0.1, 0.15) is 0 Å². The van der Waals surface area contributed by atoms with Crippen LogP contribution in [0.5, 0.6) is 0 Å². The Bertz CT molecular complexity index is 116. The van der Waals surface area contributed by atoms with E-state index in [4.69, 9.17) is 33.7 Å². The second-order valence-corrected chi connectivity index (χ2v) is 3.27. The molecule has 0 saturated carbocycles. The zero-order valence-corrected chi connectivity index (χ0v) is 8.11. The van der Waals surface area contributed by atoms with E-state index in [0.717, 1.165) is 11.8 Å². The number of rotatable bonds is 4. The van der Waals surface area contributed by atoms with Gasteiger partial charge in [-0.3, -0.25) is 9.11 Å². The van der Waals surface area contributed by atoms with Crippen LogP contribution in [0.3, 0.4) is 0 Å². The molecule has 0 aliphatic carbocycles. The molecule has 0 fully saturated rings. The molecule has 0 amide bonds. The molecule has 0 bridgehead atoms. The van der Waals surface area contributed by atoms with Gasteiger partial charge in [0.2, 0.25) is 0 Å². The van der Waals surface area contributed by atoms with Crippen LogP contribution in [0.2, 0.25) is 0 Å². The summed E-state index contributed by atoms with van der Waals surface area (Å²) in [5, 5.41) is 32.9. The van der Waals surface area contributed by atoms with Gasteiger partial charge in [0.25, 0.3) is 11.4 Å². The van der Waals surface area contributed by atoms with Crippen molar-refractivity contribution in [2.24, 2.45) is 0 Å². The Morgan fingerprint density at radius 2 is 1.23 bits per heavy atom. The molecule has 0 spiro atoms. The lowest BCUT2D eigenvalue weighted by atomic mass is 10.8. The first-order chi connectivity index (χ1) is 5.86. The Morgan fingerprint density at radius 1 is 1.00 bits per heavy atom. The van der Waals surface area contributed by atoms with Crippen molar-refractivity contribution in [3.63, 3.8) is 0 Å². The van der Waals surface area contributed by atoms with Crippen LogP contribution in [0.15, 0.2) is 0 Å². The molecule has 13 heavy (non-hydrogen) atoms. The third kappa shape index (κ3) is 32.9. The summed E-state index contributed by atoms with van der Waals surface area (Å²) in [6.07, 6.45) is -2.73. The maximum absolute atomic E-state index is 8.67. The molecule has 0 radical (unpaired) electrons. The summed E-state index contributed by atoms with van der Waals surface area (Å²) in [7, 11) is 0. The van der Waals surface area contributed by atoms with E-state index in [2.05, 4.69) is 0 Å². The van der Waals surface area contributed by atoms with Gasteiger partial charge in [0.05, 0.1) is 0 Å². The Hall–Kier alpha value is 0.260. The van der Waals surface area contributed by atoms with E-state index >= 15 is 0 Å². The lowest BCUT2D eigenvalue weighted by Crippen LogP contribution is -2.12. The van der Waals surface area contributed by atoms with Crippen molar-refractivity contribution in [2.75, 3.05) is 11.5 Å². The van der Waals surface area contributed by atoms with Crippen molar-refractivity contribution >= 4 is 23.1 Å². The SMILES string of the molecule is O=S(O)O.OC(O)CSCC(O)O. The fraction of sp³-hybridized carbons (Fsp3) is 1.00. The first kappa shape index (κ1) is 15.7. The van der Waals surface area contributed by atoms with Gasteiger partial charge in [-0.1, -0.05) is 0 Å². The van der Waals surface area contributed by atoms with E-state index in [1.54, 1.807) is 0 Å².